The molecule has 0 saturated heterocycles. The Morgan fingerprint density at radius 1 is 0.920 bits per heavy atom. The van der Waals surface area contributed by atoms with Gasteiger partial charge >= 0.3 is 0 Å². The SMILES string of the molecule is Cc1ccc(COc2ccccc2CNC2CCCCCC2)cc1.Cl. The summed E-state index contributed by atoms with van der Waals surface area (Å²) in [7, 11) is 0. The van der Waals surface area contributed by atoms with Crippen LogP contribution in [0.1, 0.15) is 55.2 Å². The molecule has 3 rings (SSSR count). The van der Waals surface area contributed by atoms with E-state index in [1.807, 2.05) is 0 Å². The van der Waals surface area contributed by atoms with Crippen molar-refractivity contribution in [3.05, 3.63) is 65.2 Å². The molecule has 2 nitrogen and oxygen atoms in total. The molecule has 3 heteroatoms. The maximum absolute atomic E-state index is 6.09. The summed E-state index contributed by atoms with van der Waals surface area (Å²) < 4.78 is 6.09. The van der Waals surface area contributed by atoms with E-state index in [9.17, 15) is 0 Å². The highest BCUT2D eigenvalue weighted by Gasteiger charge is 2.12. The Labute approximate surface area is 158 Å². The summed E-state index contributed by atoms with van der Waals surface area (Å²) in [6.07, 6.45) is 8.15. The zero-order valence-corrected chi connectivity index (χ0v) is 16.0. The molecular formula is C22H30ClNO. The highest BCUT2D eigenvalue weighted by molar-refractivity contribution is 5.85. The van der Waals surface area contributed by atoms with E-state index in [0.29, 0.717) is 12.6 Å². The van der Waals surface area contributed by atoms with Crippen molar-refractivity contribution in [3.8, 4) is 5.75 Å². The van der Waals surface area contributed by atoms with E-state index in [-0.39, 0.29) is 12.4 Å². The third-order valence-corrected chi connectivity index (χ3v) is 4.92. The third kappa shape index (κ3) is 6.37. The third-order valence-electron chi connectivity index (χ3n) is 4.92. The van der Waals surface area contributed by atoms with Gasteiger partial charge in [0.05, 0.1) is 0 Å². The molecule has 2 aromatic carbocycles. The smallest absolute Gasteiger partial charge is 0.124 e. The molecule has 0 heterocycles. The van der Waals surface area contributed by atoms with Crippen molar-refractivity contribution < 1.29 is 4.74 Å². The number of ether oxygens (including phenoxy) is 1. The zero-order chi connectivity index (χ0) is 16.6. The Balaban J connectivity index is 0.00000225. The van der Waals surface area contributed by atoms with E-state index in [1.54, 1.807) is 0 Å². The molecule has 0 atom stereocenters. The molecule has 1 fully saturated rings. The Morgan fingerprint density at radius 3 is 2.32 bits per heavy atom. The molecule has 0 aliphatic heterocycles. The Kier molecular flexibility index (Phi) is 8.30. The van der Waals surface area contributed by atoms with Crippen LogP contribution in [0.4, 0.5) is 0 Å². The van der Waals surface area contributed by atoms with Gasteiger partial charge in [0, 0.05) is 18.2 Å². The quantitative estimate of drug-likeness (QED) is 0.657. The molecule has 25 heavy (non-hydrogen) atoms. The van der Waals surface area contributed by atoms with Crippen LogP contribution in [-0.2, 0) is 13.2 Å². The largest absolute Gasteiger partial charge is 0.489 e. The zero-order valence-electron chi connectivity index (χ0n) is 15.2. The van der Waals surface area contributed by atoms with Crippen LogP contribution in [0.25, 0.3) is 0 Å². The fourth-order valence-corrected chi connectivity index (χ4v) is 3.37. The first-order chi connectivity index (χ1) is 11.8. The van der Waals surface area contributed by atoms with E-state index in [4.69, 9.17) is 4.74 Å². The van der Waals surface area contributed by atoms with Crippen molar-refractivity contribution in [2.24, 2.45) is 0 Å². The van der Waals surface area contributed by atoms with E-state index in [0.717, 1.165) is 12.3 Å². The van der Waals surface area contributed by atoms with E-state index in [2.05, 4.69) is 60.8 Å². The minimum Gasteiger partial charge on any atom is -0.489 e. The molecule has 1 aliphatic rings. The normalized spacial score (nSPS) is 15.2. The van der Waals surface area contributed by atoms with Crippen LogP contribution in [0.5, 0.6) is 5.75 Å². The lowest BCUT2D eigenvalue weighted by Crippen LogP contribution is -2.28. The standard InChI is InChI=1S/C22H29NO.ClH/c1-18-12-14-19(15-13-18)17-24-22-11-7-6-8-20(22)16-23-21-9-4-2-3-5-10-21;/h6-8,11-15,21,23H,2-5,9-10,16-17H2,1H3;1H. The average Bonchev–Trinajstić information content (AvgIpc) is 2.89. The van der Waals surface area contributed by atoms with Gasteiger partial charge in [0.1, 0.15) is 12.4 Å². The van der Waals surface area contributed by atoms with Gasteiger partial charge < -0.3 is 10.1 Å². The monoisotopic (exact) mass is 359 g/mol. The van der Waals surface area contributed by atoms with Gasteiger partial charge in [0.15, 0.2) is 0 Å². The molecule has 2 aromatic rings. The molecule has 136 valence electrons. The molecule has 1 saturated carbocycles. The molecule has 1 N–H and O–H groups in total. The lowest BCUT2D eigenvalue weighted by molar-refractivity contribution is 0.301. The summed E-state index contributed by atoms with van der Waals surface area (Å²) in [5.41, 5.74) is 3.76. The first-order valence-electron chi connectivity index (χ1n) is 9.31. The van der Waals surface area contributed by atoms with Crippen molar-refractivity contribution in [1.82, 2.24) is 5.32 Å². The lowest BCUT2D eigenvalue weighted by atomic mass is 10.1. The molecule has 1 aliphatic carbocycles. The van der Waals surface area contributed by atoms with Gasteiger partial charge in [-0.2, -0.15) is 0 Å². The van der Waals surface area contributed by atoms with E-state index >= 15 is 0 Å². The second kappa shape index (κ2) is 10.5. The summed E-state index contributed by atoms with van der Waals surface area (Å²) in [4.78, 5) is 0. The minimum absolute atomic E-state index is 0. The average molecular weight is 360 g/mol. The lowest BCUT2D eigenvalue weighted by Gasteiger charge is -2.18. The van der Waals surface area contributed by atoms with Crippen LogP contribution in [0, 0.1) is 6.92 Å². The molecule has 0 amide bonds. The van der Waals surface area contributed by atoms with Crippen molar-refractivity contribution >= 4 is 12.4 Å². The number of rotatable bonds is 6. The topological polar surface area (TPSA) is 21.3 Å². The number of halogens is 1. The fraction of sp³-hybridized carbons (Fsp3) is 0.455. The Hall–Kier alpha value is -1.51. The summed E-state index contributed by atoms with van der Waals surface area (Å²) in [6.45, 7) is 3.63. The summed E-state index contributed by atoms with van der Waals surface area (Å²) in [5.74, 6) is 0.999. The van der Waals surface area contributed by atoms with Gasteiger partial charge in [0.2, 0.25) is 0 Å². The van der Waals surface area contributed by atoms with E-state index < -0.39 is 0 Å². The van der Waals surface area contributed by atoms with Crippen molar-refractivity contribution in [1.29, 1.82) is 0 Å². The molecule has 0 radical (unpaired) electrons. The van der Waals surface area contributed by atoms with Crippen LogP contribution in [0.15, 0.2) is 48.5 Å². The molecular weight excluding hydrogens is 330 g/mol. The summed E-state index contributed by atoms with van der Waals surface area (Å²) >= 11 is 0. The van der Waals surface area contributed by atoms with Gasteiger partial charge in [-0.25, -0.2) is 0 Å². The van der Waals surface area contributed by atoms with Gasteiger partial charge in [-0.1, -0.05) is 73.7 Å². The Morgan fingerprint density at radius 2 is 1.60 bits per heavy atom. The highest BCUT2D eigenvalue weighted by atomic mass is 35.5. The number of hydrogen-bond donors (Lipinski definition) is 1. The predicted molar refractivity (Wildman–Crippen MR) is 108 cm³/mol. The number of nitrogens with one attached hydrogen (secondary N) is 1. The van der Waals surface area contributed by atoms with Gasteiger partial charge in [-0.3, -0.25) is 0 Å². The Bertz CT molecular complexity index is 618. The second-order valence-electron chi connectivity index (χ2n) is 6.95. The van der Waals surface area contributed by atoms with Crippen LogP contribution < -0.4 is 10.1 Å². The van der Waals surface area contributed by atoms with Crippen LogP contribution in [0.3, 0.4) is 0 Å². The molecule has 0 bridgehead atoms. The van der Waals surface area contributed by atoms with Gasteiger partial charge in [-0.05, 0) is 31.4 Å². The second-order valence-corrected chi connectivity index (χ2v) is 6.95. The molecule has 0 aromatic heterocycles. The minimum atomic E-state index is 0. The van der Waals surface area contributed by atoms with Crippen molar-refractivity contribution in [3.63, 3.8) is 0 Å². The number of aryl methyl sites for hydroxylation is 1. The predicted octanol–water partition coefficient (Wildman–Crippen LogP) is 5.81. The fourth-order valence-electron chi connectivity index (χ4n) is 3.37. The van der Waals surface area contributed by atoms with Crippen LogP contribution >= 0.6 is 12.4 Å². The molecule has 0 unspecified atom stereocenters. The van der Waals surface area contributed by atoms with Gasteiger partial charge in [-0.15, -0.1) is 12.4 Å². The summed E-state index contributed by atoms with van der Waals surface area (Å²) in [6, 6.07) is 17.6. The number of benzene rings is 2. The summed E-state index contributed by atoms with van der Waals surface area (Å²) in [5, 5.41) is 3.74. The van der Waals surface area contributed by atoms with Gasteiger partial charge in [0.25, 0.3) is 0 Å². The number of para-hydroxylation sites is 1. The maximum atomic E-state index is 6.09. The van der Waals surface area contributed by atoms with Crippen LogP contribution in [-0.4, -0.2) is 6.04 Å². The maximum Gasteiger partial charge on any atom is 0.124 e. The molecule has 0 spiro atoms. The van der Waals surface area contributed by atoms with Crippen molar-refractivity contribution in [2.45, 2.75) is 64.6 Å². The van der Waals surface area contributed by atoms with Crippen molar-refractivity contribution in [2.75, 3.05) is 0 Å². The van der Waals surface area contributed by atoms with E-state index in [1.165, 1.54) is 55.2 Å². The van der Waals surface area contributed by atoms with Crippen LogP contribution in [0.2, 0.25) is 0 Å². The number of hydrogen-bond acceptors (Lipinski definition) is 2. The highest BCUT2D eigenvalue weighted by Crippen LogP contribution is 2.22. The first-order valence-corrected chi connectivity index (χ1v) is 9.31. The first kappa shape index (κ1) is 19.8.